The molecule has 2 heterocycles. The van der Waals surface area contributed by atoms with Gasteiger partial charge in [0, 0.05) is 32.4 Å². The molecule has 1 aromatic heterocycles. The normalized spacial score (nSPS) is 15.6. The van der Waals surface area contributed by atoms with Gasteiger partial charge in [0.1, 0.15) is 0 Å². The fourth-order valence-corrected chi connectivity index (χ4v) is 2.67. The van der Waals surface area contributed by atoms with Crippen molar-refractivity contribution < 1.29 is 0 Å². The van der Waals surface area contributed by atoms with Crippen molar-refractivity contribution in [2.45, 2.75) is 19.3 Å². The minimum atomic E-state index is 0.279. The van der Waals surface area contributed by atoms with Gasteiger partial charge in [-0.15, -0.1) is 0 Å². The monoisotopic (exact) mass is 301 g/mol. The number of hydrogen-bond donors (Lipinski definition) is 0. The molecule has 0 spiro atoms. The quantitative estimate of drug-likeness (QED) is 0.832. The molecule has 19 heavy (non-hydrogen) atoms. The number of nitrogens with zero attached hydrogens (tertiary/aromatic N) is 5. The fourth-order valence-electron chi connectivity index (χ4n) is 2.06. The Morgan fingerprint density at radius 2 is 1.95 bits per heavy atom. The average molecular weight is 302 g/mol. The number of thioether (sulfide) groups is 1. The first-order valence-electron chi connectivity index (χ1n) is 6.57. The fraction of sp³-hybridized carbons (Fsp3) is 0.750. The van der Waals surface area contributed by atoms with Crippen LogP contribution in [0.1, 0.15) is 19.3 Å². The largest absolute Gasteiger partial charge is 0.343 e. The van der Waals surface area contributed by atoms with E-state index in [0.29, 0.717) is 11.9 Å². The summed E-state index contributed by atoms with van der Waals surface area (Å²) >= 11 is 7.83. The Labute approximate surface area is 123 Å². The molecule has 0 N–H and O–H groups in total. The van der Waals surface area contributed by atoms with Crippen molar-refractivity contribution in [2.24, 2.45) is 0 Å². The van der Waals surface area contributed by atoms with E-state index in [-0.39, 0.29) is 5.28 Å². The highest BCUT2D eigenvalue weighted by atomic mass is 35.5. The van der Waals surface area contributed by atoms with Crippen LogP contribution in [0.25, 0.3) is 0 Å². The summed E-state index contributed by atoms with van der Waals surface area (Å²) in [5.41, 5.74) is 0. The summed E-state index contributed by atoms with van der Waals surface area (Å²) in [6.07, 6.45) is 5.77. The summed E-state index contributed by atoms with van der Waals surface area (Å²) in [5, 5.41) is 0.279. The molecule has 0 radical (unpaired) electrons. The van der Waals surface area contributed by atoms with Crippen molar-refractivity contribution in [3.05, 3.63) is 5.28 Å². The molecular formula is C12H20ClN5S. The summed E-state index contributed by atoms with van der Waals surface area (Å²) in [6.45, 7) is 2.92. The second-order valence-electron chi connectivity index (χ2n) is 4.67. The molecule has 1 saturated heterocycles. The molecule has 0 aromatic carbocycles. The smallest absolute Gasteiger partial charge is 0.231 e. The third kappa shape index (κ3) is 4.11. The molecule has 1 fully saturated rings. The Morgan fingerprint density at radius 3 is 2.63 bits per heavy atom. The molecule has 0 atom stereocenters. The zero-order valence-electron chi connectivity index (χ0n) is 11.5. The van der Waals surface area contributed by atoms with Gasteiger partial charge in [-0.2, -0.15) is 26.7 Å². The standard InChI is InChI=1S/C12H20ClN5S/c1-17(8-9-19-2)11-14-10(13)15-12(16-11)18-6-4-3-5-7-18/h3-9H2,1-2H3. The highest BCUT2D eigenvalue weighted by Gasteiger charge is 2.16. The molecule has 7 heteroatoms. The van der Waals surface area contributed by atoms with Crippen molar-refractivity contribution >= 4 is 35.3 Å². The predicted molar refractivity (Wildman–Crippen MR) is 82.6 cm³/mol. The lowest BCUT2D eigenvalue weighted by Crippen LogP contribution is -2.32. The molecule has 0 saturated carbocycles. The Hall–Kier alpha value is -0.750. The Bertz CT molecular complexity index is 411. The van der Waals surface area contributed by atoms with Crippen LogP contribution >= 0.6 is 23.4 Å². The highest BCUT2D eigenvalue weighted by molar-refractivity contribution is 7.98. The van der Waals surface area contributed by atoms with E-state index in [1.54, 1.807) is 11.8 Å². The maximum Gasteiger partial charge on any atom is 0.231 e. The lowest BCUT2D eigenvalue weighted by molar-refractivity contribution is 0.567. The van der Waals surface area contributed by atoms with Gasteiger partial charge >= 0.3 is 0 Å². The second-order valence-corrected chi connectivity index (χ2v) is 5.99. The number of halogens is 1. The van der Waals surface area contributed by atoms with Crippen molar-refractivity contribution in [3.63, 3.8) is 0 Å². The molecule has 0 bridgehead atoms. The minimum absolute atomic E-state index is 0.279. The van der Waals surface area contributed by atoms with Gasteiger partial charge in [-0.3, -0.25) is 0 Å². The van der Waals surface area contributed by atoms with Crippen LogP contribution in [0.2, 0.25) is 5.28 Å². The SMILES string of the molecule is CSCCN(C)c1nc(Cl)nc(N2CCCCC2)n1. The first-order valence-corrected chi connectivity index (χ1v) is 8.34. The average Bonchev–Trinajstić information content (AvgIpc) is 2.45. The lowest BCUT2D eigenvalue weighted by Gasteiger charge is -2.27. The van der Waals surface area contributed by atoms with E-state index in [1.807, 2.05) is 11.9 Å². The third-order valence-electron chi connectivity index (χ3n) is 3.20. The van der Waals surface area contributed by atoms with Crippen molar-refractivity contribution in [2.75, 3.05) is 48.5 Å². The predicted octanol–water partition coefficient (Wildman–Crippen LogP) is 2.31. The zero-order chi connectivity index (χ0) is 13.7. The third-order valence-corrected chi connectivity index (χ3v) is 3.96. The van der Waals surface area contributed by atoms with Gasteiger partial charge in [0.2, 0.25) is 17.2 Å². The van der Waals surface area contributed by atoms with Crippen LogP contribution in [0.15, 0.2) is 0 Å². The van der Waals surface area contributed by atoms with Crippen LogP contribution in [0.5, 0.6) is 0 Å². The number of rotatable bonds is 5. The zero-order valence-corrected chi connectivity index (χ0v) is 13.0. The van der Waals surface area contributed by atoms with E-state index in [0.717, 1.165) is 25.4 Å². The van der Waals surface area contributed by atoms with E-state index in [4.69, 9.17) is 11.6 Å². The number of hydrogen-bond acceptors (Lipinski definition) is 6. The summed E-state index contributed by atoms with van der Waals surface area (Å²) in [5.74, 6) is 2.42. The van der Waals surface area contributed by atoms with Crippen LogP contribution in [-0.4, -0.2) is 53.6 Å². The van der Waals surface area contributed by atoms with Crippen LogP contribution in [0.4, 0.5) is 11.9 Å². The Kier molecular flexibility index (Phi) is 5.51. The van der Waals surface area contributed by atoms with Gasteiger partial charge in [0.05, 0.1) is 0 Å². The molecule has 0 aliphatic carbocycles. The van der Waals surface area contributed by atoms with E-state index >= 15 is 0 Å². The van der Waals surface area contributed by atoms with Gasteiger partial charge in [-0.1, -0.05) is 0 Å². The molecule has 0 amide bonds. The molecule has 1 aliphatic heterocycles. The molecule has 106 valence electrons. The van der Waals surface area contributed by atoms with E-state index in [1.165, 1.54) is 19.3 Å². The van der Waals surface area contributed by atoms with Gasteiger partial charge in [0.25, 0.3) is 0 Å². The molecule has 5 nitrogen and oxygen atoms in total. The first-order chi connectivity index (χ1) is 9.20. The Morgan fingerprint density at radius 1 is 1.21 bits per heavy atom. The van der Waals surface area contributed by atoms with Gasteiger partial charge in [-0.05, 0) is 37.1 Å². The summed E-state index contributed by atoms with van der Waals surface area (Å²) in [4.78, 5) is 17.2. The van der Waals surface area contributed by atoms with Crippen LogP contribution in [0, 0.1) is 0 Å². The minimum Gasteiger partial charge on any atom is -0.343 e. The van der Waals surface area contributed by atoms with Gasteiger partial charge < -0.3 is 9.80 Å². The van der Waals surface area contributed by atoms with Crippen molar-refractivity contribution in [3.8, 4) is 0 Å². The summed E-state index contributed by atoms with van der Waals surface area (Å²) < 4.78 is 0. The van der Waals surface area contributed by atoms with Crippen LogP contribution < -0.4 is 9.80 Å². The lowest BCUT2D eigenvalue weighted by atomic mass is 10.1. The topological polar surface area (TPSA) is 45.2 Å². The maximum absolute atomic E-state index is 6.03. The van der Waals surface area contributed by atoms with Crippen LogP contribution in [-0.2, 0) is 0 Å². The molecular weight excluding hydrogens is 282 g/mol. The molecule has 2 rings (SSSR count). The van der Waals surface area contributed by atoms with Gasteiger partial charge in [-0.25, -0.2) is 0 Å². The maximum atomic E-state index is 6.03. The van der Waals surface area contributed by atoms with Crippen LogP contribution in [0.3, 0.4) is 0 Å². The van der Waals surface area contributed by atoms with E-state index in [9.17, 15) is 0 Å². The van der Waals surface area contributed by atoms with Crippen molar-refractivity contribution in [1.29, 1.82) is 0 Å². The molecule has 1 aromatic rings. The number of piperidine rings is 1. The van der Waals surface area contributed by atoms with E-state index < -0.39 is 0 Å². The summed E-state index contributed by atoms with van der Waals surface area (Å²) in [6, 6.07) is 0. The summed E-state index contributed by atoms with van der Waals surface area (Å²) in [7, 11) is 1.99. The molecule has 0 unspecified atom stereocenters. The molecule has 1 aliphatic rings. The first kappa shape index (κ1) is 14.7. The number of anilines is 2. The Balaban J connectivity index is 2.13. The number of aromatic nitrogens is 3. The van der Waals surface area contributed by atoms with E-state index in [2.05, 4.69) is 26.1 Å². The van der Waals surface area contributed by atoms with Gasteiger partial charge in [0.15, 0.2) is 0 Å². The second kappa shape index (κ2) is 7.14. The van der Waals surface area contributed by atoms with Crippen molar-refractivity contribution in [1.82, 2.24) is 15.0 Å². The highest BCUT2D eigenvalue weighted by Crippen LogP contribution is 2.19.